The van der Waals surface area contributed by atoms with Gasteiger partial charge in [0.15, 0.2) is 11.9 Å². The van der Waals surface area contributed by atoms with Crippen molar-refractivity contribution in [2.45, 2.75) is 162 Å². The van der Waals surface area contributed by atoms with Crippen LogP contribution >= 0.6 is 7.75 Å². The molecule has 0 radical (unpaired) electrons. The summed E-state index contributed by atoms with van der Waals surface area (Å²) in [6.45, 7) is 15.0. The second-order valence-corrected chi connectivity index (χ2v) is 27.6. The predicted molar refractivity (Wildman–Crippen MR) is 385 cm³/mol. The molecule has 6 aromatic carbocycles. The Morgan fingerprint density at radius 2 is 1.00 bits per heavy atom. The Bertz CT molecular complexity index is 4210. The number of tetrazole rings is 1. The molecule has 3 aromatic heterocycles. The lowest BCUT2D eigenvalue weighted by atomic mass is 9.94. The molecular weight excluding hydrogens is 1340 g/mol. The third kappa shape index (κ3) is 24.9. The van der Waals surface area contributed by atoms with Crippen LogP contribution in [0, 0.1) is 5.92 Å². The summed E-state index contributed by atoms with van der Waals surface area (Å²) < 4.78 is 59.8. The van der Waals surface area contributed by atoms with Crippen LogP contribution < -0.4 is 25.1 Å². The van der Waals surface area contributed by atoms with E-state index < -0.39 is 84.8 Å². The zero-order chi connectivity index (χ0) is 74.5. The van der Waals surface area contributed by atoms with Crippen molar-refractivity contribution in [1.82, 2.24) is 39.9 Å². The third-order valence-corrected chi connectivity index (χ3v) is 17.0. The molecule has 0 aliphatic heterocycles. The van der Waals surface area contributed by atoms with E-state index >= 15 is 0 Å². The van der Waals surface area contributed by atoms with Crippen LogP contribution in [0.5, 0.6) is 11.5 Å². The summed E-state index contributed by atoms with van der Waals surface area (Å²) in [6.07, 6.45) is 6.52. The van der Waals surface area contributed by atoms with E-state index in [0.717, 1.165) is 52.3 Å². The molecule has 1 amide bonds. The van der Waals surface area contributed by atoms with Crippen LogP contribution in [-0.2, 0) is 83.0 Å². The number of amides is 1. The Hall–Kier alpha value is -10.5. The maximum absolute atomic E-state index is 13.6. The summed E-state index contributed by atoms with van der Waals surface area (Å²) in [5.74, 6) is 4.26. The number of unbranched alkanes of at least 4 members (excludes halogenated alkanes) is 2. The minimum atomic E-state index is -3.66. The van der Waals surface area contributed by atoms with Gasteiger partial charge < -0.3 is 54.2 Å². The van der Waals surface area contributed by atoms with Gasteiger partial charge in [0.1, 0.15) is 42.0 Å². The fourth-order valence-corrected chi connectivity index (χ4v) is 11.9. The summed E-state index contributed by atoms with van der Waals surface area (Å²) in [5, 5.41) is 19.0. The number of hydrogen-bond acceptors (Lipinski definition) is 19. The standard InChI is InChI=1S/C32H39N5O6.C32H40N2O7.C12H14N3O3P/c1-6-7-16-27(30(39)41-5)37-29(33-34-35-37)23(19-28(38)42-21-22-13-9-8-10-14-22)18-24-20-36(31(40)43-32(2,3)4)26-17-12-11-15-25(24)26;1-6-7-16-26(30(37)39-5)33-29(36)23(19-28(35)40-21-22-13-9-8-10-14-22)18-24-20-34(31(38)41-32(2,3)4)27-17-12-11-15-25(24)27;13-14-15-19(16,17-11-7-3-1-4-8-11)18-12-9-5-2-6-10-12/h8-15,17,20,23,27H,6-7,16,18-19,21H2,1-5H3;8-15,17,20,23,26H,6-7,16,18-19,21H2,1-5H3,(H,33,36);1-10,13H,14H2,(H,15,16)/t23-,27+;23-,26+;/m11./s1. The number of fused-ring (bicyclic) bond motifs is 2. The lowest BCUT2D eigenvalue weighted by Gasteiger charge is -2.21. The van der Waals surface area contributed by atoms with E-state index in [2.05, 4.69) is 26.0 Å². The van der Waals surface area contributed by atoms with Gasteiger partial charge in [-0.3, -0.25) is 23.5 Å². The zero-order valence-electron chi connectivity index (χ0n) is 59.9. The third-order valence-electron chi connectivity index (χ3n) is 15.7. The van der Waals surface area contributed by atoms with Crippen molar-refractivity contribution in [3.8, 4) is 11.5 Å². The first-order chi connectivity index (χ1) is 49.3. The summed E-state index contributed by atoms with van der Waals surface area (Å²) in [4.78, 5) is 91.1. The van der Waals surface area contributed by atoms with Gasteiger partial charge in [-0.05, 0) is 136 Å². The number of aromatic nitrogens is 6. The average Bonchev–Trinajstić information content (AvgIpc) is 1.65. The van der Waals surface area contributed by atoms with Gasteiger partial charge in [0.2, 0.25) is 5.91 Å². The van der Waals surface area contributed by atoms with Gasteiger partial charge in [0.05, 0.1) is 44.0 Å². The molecule has 548 valence electrons. The van der Waals surface area contributed by atoms with Crippen molar-refractivity contribution in [2.24, 2.45) is 5.92 Å². The molecule has 27 heteroatoms. The first kappa shape index (κ1) is 79.8. The smallest absolute Gasteiger partial charge is 0.467 e. The van der Waals surface area contributed by atoms with E-state index in [9.17, 15) is 38.1 Å². The summed E-state index contributed by atoms with van der Waals surface area (Å²) >= 11 is 0. The van der Waals surface area contributed by atoms with Gasteiger partial charge in [0, 0.05) is 29.1 Å². The van der Waals surface area contributed by atoms with Crippen LogP contribution in [0.2, 0.25) is 0 Å². The first-order valence-corrected chi connectivity index (χ1v) is 35.5. The second-order valence-electron chi connectivity index (χ2n) is 26.0. The van der Waals surface area contributed by atoms with Crippen molar-refractivity contribution in [3.63, 3.8) is 0 Å². The van der Waals surface area contributed by atoms with E-state index in [1.807, 2.05) is 150 Å². The van der Waals surface area contributed by atoms with Gasteiger partial charge in [0.25, 0.3) is 0 Å². The van der Waals surface area contributed by atoms with Gasteiger partial charge in [-0.15, -0.1) is 5.10 Å². The number of carbonyl (C=O) groups excluding carboxylic acids is 7. The molecule has 0 saturated carbocycles. The molecule has 0 aliphatic rings. The first-order valence-electron chi connectivity index (χ1n) is 34.0. The van der Waals surface area contributed by atoms with Crippen molar-refractivity contribution < 1.29 is 81.1 Å². The highest BCUT2D eigenvalue weighted by molar-refractivity contribution is 7.52. The van der Waals surface area contributed by atoms with Crippen LogP contribution in [-0.4, -0.2) is 103 Å². The molecule has 9 rings (SSSR count). The van der Waals surface area contributed by atoms with Crippen molar-refractivity contribution in [3.05, 3.63) is 216 Å². The topological polar surface area (TPSA) is 328 Å². The minimum absolute atomic E-state index is 0.0547. The van der Waals surface area contributed by atoms with Gasteiger partial charge in [-0.2, -0.15) is 0 Å². The largest absolute Gasteiger partial charge is 0.557 e. The molecular formula is C76H93N10O16P. The van der Waals surface area contributed by atoms with Crippen LogP contribution in [0.1, 0.15) is 147 Å². The molecule has 0 unspecified atom stereocenters. The summed E-state index contributed by atoms with van der Waals surface area (Å²) in [6, 6.07) is 49.2. The van der Waals surface area contributed by atoms with Crippen molar-refractivity contribution in [2.75, 3.05) is 14.2 Å². The van der Waals surface area contributed by atoms with Gasteiger partial charge in [-0.1, -0.05) is 178 Å². The number of carbonyl (C=O) groups is 7. The van der Waals surface area contributed by atoms with E-state index in [4.69, 9.17) is 43.3 Å². The van der Waals surface area contributed by atoms with Crippen molar-refractivity contribution in [1.29, 1.82) is 0 Å². The highest BCUT2D eigenvalue weighted by Crippen LogP contribution is 2.43. The predicted octanol–water partition coefficient (Wildman–Crippen LogP) is 13.6. The lowest BCUT2D eigenvalue weighted by Crippen LogP contribution is -2.84. The molecule has 0 fully saturated rings. The maximum atomic E-state index is 13.6. The van der Waals surface area contributed by atoms with Crippen LogP contribution in [0.15, 0.2) is 182 Å². The number of rotatable bonds is 30. The number of quaternary nitrogens is 1. The molecule has 0 saturated heterocycles. The fourth-order valence-electron chi connectivity index (χ4n) is 10.8. The number of benzene rings is 6. The Balaban J connectivity index is 0.000000231. The van der Waals surface area contributed by atoms with Crippen molar-refractivity contribution >= 4 is 71.5 Å². The second kappa shape index (κ2) is 39.0. The fraction of sp³-hybridized carbons (Fsp3) is 0.368. The lowest BCUT2D eigenvalue weighted by molar-refractivity contribution is -0.630. The minimum Gasteiger partial charge on any atom is -0.467 e. The maximum Gasteiger partial charge on any atom is 0.557 e. The van der Waals surface area contributed by atoms with Crippen LogP contribution in [0.3, 0.4) is 0 Å². The molecule has 0 bridgehead atoms. The number of para-hydroxylation sites is 4. The Labute approximate surface area is 599 Å². The molecule has 0 aliphatic carbocycles. The number of ether oxygens (including phenoxy) is 6. The van der Waals surface area contributed by atoms with Gasteiger partial charge >= 0.3 is 43.8 Å². The molecule has 9 aromatic rings. The molecule has 3 heterocycles. The molecule has 0 spiro atoms. The molecule has 5 N–H and O–H groups in total. The van der Waals surface area contributed by atoms with E-state index in [-0.39, 0.29) is 32.5 Å². The van der Waals surface area contributed by atoms with E-state index in [1.165, 1.54) is 28.0 Å². The van der Waals surface area contributed by atoms with Crippen LogP contribution in [0.25, 0.3) is 27.6 Å². The summed E-state index contributed by atoms with van der Waals surface area (Å²) in [7, 11) is -1.05. The number of esters is 4. The zero-order valence-corrected chi connectivity index (χ0v) is 60.7. The highest BCUT2D eigenvalue weighted by Gasteiger charge is 2.35. The van der Waals surface area contributed by atoms with E-state index in [1.54, 1.807) is 87.8 Å². The molecule has 4 atom stereocenters. The quantitative estimate of drug-likeness (QED) is 0.0124. The monoisotopic (exact) mass is 1430 g/mol. The Kier molecular flexibility index (Phi) is 30.2. The van der Waals surface area contributed by atoms with E-state index in [0.29, 0.717) is 59.6 Å². The number of nitrogens with one attached hydrogen (secondary N) is 3. The normalized spacial score (nSPS) is 12.5. The Morgan fingerprint density at radius 3 is 1.46 bits per heavy atom. The molecule has 103 heavy (non-hydrogen) atoms. The highest BCUT2D eigenvalue weighted by atomic mass is 31.2. The van der Waals surface area contributed by atoms with Crippen LogP contribution in [0.4, 0.5) is 9.59 Å². The molecule has 26 nitrogen and oxygen atoms in total. The number of methoxy groups -OCH3 is 2. The number of nitrogens with two attached hydrogens (primary N) is 1. The average molecular weight is 1430 g/mol. The number of hydrogen-bond donors (Lipinski definition) is 3. The Morgan fingerprint density at radius 1 is 0.563 bits per heavy atom. The summed E-state index contributed by atoms with van der Waals surface area (Å²) in [5.41, 5.74) is 3.87. The van der Waals surface area contributed by atoms with Gasteiger partial charge in [-0.25, -0.2) is 28.4 Å². The SMILES string of the molecule is CCCC[C@@H](C(=O)OC)n1nnnc1[C@@H](CC(=O)OCc1ccccc1)Cc1cn(C(=O)OC(C)(C)C)c2ccccc12.CCCC[C@H](NC(=O)[C@@H](CC(=O)OCc1ccccc1)Cc1cn(C(=O)OC(C)(C)C)c2ccccc12)C(=O)OC.[NH-][NH2+]NP(=O)(Oc1ccccc1)Oc1ccccc1. The number of nitrogens with zero attached hydrogens (tertiary/aromatic N) is 6.